The predicted octanol–water partition coefficient (Wildman–Crippen LogP) is 0.817. The van der Waals surface area contributed by atoms with Crippen LogP contribution in [0.3, 0.4) is 0 Å². The third-order valence-electron chi connectivity index (χ3n) is 2.67. The fourth-order valence-electron chi connectivity index (χ4n) is 1.50. The van der Waals surface area contributed by atoms with Crippen LogP contribution < -0.4 is 5.73 Å². The van der Waals surface area contributed by atoms with E-state index in [1.54, 1.807) is 0 Å². The minimum Gasteiger partial charge on any atom is -0.393 e. The second-order valence-corrected chi connectivity index (χ2v) is 6.25. The van der Waals surface area contributed by atoms with E-state index in [9.17, 15) is 8.42 Å². The van der Waals surface area contributed by atoms with Gasteiger partial charge in [0.2, 0.25) is 0 Å². The summed E-state index contributed by atoms with van der Waals surface area (Å²) in [6.45, 7) is 9.00. The first-order valence-electron chi connectivity index (χ1n) is 5.85. The lowest BCUT2D eigenvalue weighted by Gasteiger charge is -2.29. The van der Waals surface area contributed by atoms with Gasteiger partial charge < -0.3 is 5.73 Å². The fraction of sp³-hybridized carbons (Fsp3) is 0.900. The SMILES string of the molecule is CCN(CC)S(=O)(=O)N(CC)CC(C)C(N)=S. The molecule has 7 heteroatoms. The van der Waals surface area contributed by atoms with Gasteiger partial charge in [-0.3, -0.25) is 0 Å². The Balaban J connectivity index is 4.92. The first-order chi connectivity index (χ1) is 7.81. The molecule has 17 heavy (non-hydrogen) atoms. The van der Waals surface area contributed by atoms with E-state index in [0.717, 1.165) is 0 Å². The van der Waals surface area contributed by atoms with Gasteiger partial charge in [0.05, 0.1) is 4.99 Å². The molecule has 0 rings (SSSR count). The highest BCUT2D eigenvalue weighted by molar-refractivity contribution is 7.86. The minimum atomic E-state index is -3.39. The Kier molecular flexibility index (Phi) is 7.15. The molecule has 0 saturated heterocycles. The van der Waals surface area contributed by atoms with Crippen LogP contribution in [-0.2, 0) is 10.2 Å². The number of nitrogens with zero attached hydrogens (tertiary/aromatic N) is 2. The van der Waals surface area contributed by atoms with Crippen molar-refractivity contribution in [2.75, 3.05) is 26.2 Å². The van der Waals surface area contributed by atoms with Gasteiger partial charge in [0.15, 0.2) is 0 Å². The Morgan fingerprint density at radius 2 is 1.59 bits per heavy atom. The summed E-state index contributed by atoms with van der Waals surface area (Å²) in [5.41, 5.74) is 5.52. The van der Waals surface area contributed by atoms with E-state index < -0.39 is 10.2 Å². The molecule has 0 radical (unpaired) electrons. The van der Waals surface area contributed by atoms with Crippen LogP contribution in [0.15, 0.2) is 0 Å². The van der Waals surface area contributed by atoms with Crippen molar-refractivity contribution < 1.29 is 8.42 Å². The van der Waals surface area contributed by atoms with Crippen LogP contribution in [-0.4, -0.2) is 48.2 Å². The maximum Gasteiger partial charge on any atom is 0.281 e. The van der Waals surface area contributed by atoms with Crippen molar-refractivity contribution >= 4 is 27.4 Å². The summed E-state index contributed by atoms with van der Waals surface area (Å²) in [5.74, 6) is -0.115. The number of hydrogen-bond donors (Lipinski definition) is 1. The molecule has 1 unspecified atom stereocenters. The van der Waals surface area contributed by atoms with Gasteiger partial charge in [0, 0.05) is 32.1 Å². The zero-order valence-electron chi connectivity index (χ0n) is 11.0. The number of nitrogens with two attached hydrogens (primary N) is 1. The van der Waals surface area contributed by atoms with Crippen molar-refractivity contribution in [1.29, 1.82) is 0 Å². The zero-order valence-corrected chi connectivity index (χ0v) is 12.6. The average Bonchev–Trinajstić information content (AvgIpc) is 2.26. The molecule has 0 aromatic heterocycles. The predicted molar refractivity (Wildman–Crippen MR) is 75.0 cm³/mol. The summed E-state index contributed by atoms with van der Waals surface area (Å²) in [5, 5.41) is 0. The summed E-state index contributed by atoms with van der Waals surface area (Å²) in [6.07, 6.45) is 0. The maximum absolute atomic E-state index is 12.2. The third-order valence-corrected chi connectivity index (χ3v) is 5.31. The first kappa shape index (κ1) is 16.8. The molecule has 0 aliphatic rings. The summed E-state index contributed by atoms with van der Waals surface area (Å²) < 4.78 is 27.4. The summed E-state index contributed by atoms with van der Waals surface area (Å²) in [7, 11) is -3.39. The molecular formula is C10H23N3O2S2. The van der Waals surface area contributed by atoms with Crippen molar-refractivity contribution in [1.82, 2.24) is 8.61 Å². The van der Waals surface area contributed by atoms with Crippen molar-refractivity contribution in [3.8, 4) is 0 Å². The third kappa shape index (κ3) is 4.50. The Morgan fingerprint density at radius 3 is 1.88 bits per heavy atom. The quantitative estimate of drug-likeness (QED) is 0.669. The van der Waals surface area contributed by atoms with E-state index in [1.807, 2.05) is 27.7 Å². The average molecular weight is 281 g/mol. The largest absolute Gasteiger partial charge is 0.393 e. The Hall–Kier alpha value is -0.240. The van der Waals surface area contributed by atoms with Crippen LogP contribution >= 0.6 is 12.2 Å². The van der Waals surface area contributed by atoms with E-state index >= 15 is 0 Å². The van der Waals surface area contributed by atoms with Gasteiger partial charge in [-0.25, -0.2) is 0 Å². The van der Waals surface area contributed by atoms with Crippen LogP contribution in [0.5, 0.6) is 0 Å². The second-order valence-electron chi connectivity index (χ2n) is 3.85. The number of hydrogen-bond acceptors (Lipinski definition) is 3. The minimum absolute atomic E-state index is 0.115. The molecule has 1 atom stereocenters. The molecule has 0 fully saturated rings. The first-order valence-corrected chi connectivity index (χ1v) is 7.66. The normalized spacial score (nSPS) is 14.2. The van der Waals surface area contributed by atoms with E-state index in [-0.39, 0.29) is 5.92 Å². The van der Waals surface area contributed by atoms with Crippen molar-refractivity contribution in [2.45, 2.75) is 27.7 Å². The Morgan fingerprint density at radius 1 is 1.18 bits per heavy atom. The second kappa shape index (κ2) is 7.25. The Labute approximate surface area is 110 Å². The maximum atomic E-state index is 12.2. The lowest BCUT2D eigenvalue weighted by Crippen LogP contribution is -2.46. The zero-order chi connectivity index (χ0) is 13.6. The molecule has 0 saturated carbocycles. The van der Waals surface area contributed by atoms with Crippen LogP contribution in [0.1, 0.15) is 27.7 Å². The van der Waals surface area contributed by atoms with Gasteiger partial charge in [-0.2, -0.15) is 17.0 Å². The molecule has 0 aromatic carbocycles. The molecule has 5 nitrogen and oxygen atoms in total. The summed E-state index contributed by atoms with van der Waals surface area (Å²) in [4.78, 5) is 0.346. The van der Waals surface area contributed by atoms with Gasteiger partial charge in [0.25, 0.3) is 10.2 Å². The molecule has 2 N–H and O–H groups in total. The van der Waals surface area contributed by atoms with Gasteiger partial charge in [0.1, 0.15) is 0 Å². The number of rotatable bonds is 8. The highest BCUT2D eigenvalue weighted by Crippen LogP contribution is 2.11. The number of thiocarbonyl (C=S) groups is 1. The van der Waals surface area contributed by atoms with Crippen molar-refractivity contribution in [3.63, 3.8) is 0 Å². The van der Waals surface area contributed by atoms with Gasteiger partial charge in [-0.05, 0) is 0 Å². The highest BCUT2D eigenvalue weighted by atomic mass is 32.2. The van der Waals surface area contributed by atoms with Crippen LogP contribution in [0.2, 0.25) is 0 Å². The molecule has 0 aliphatic carbocycles. The van der Waals surface area contributed by atoms with E-state index in [2.05, 4.69) is 0 Å². The van der Waals surface area contributed by atoms with E-state index in [4.69, 9.17) is 18.0 Å². The van der Waals surface area contributed by atoms with E-state index in [0.29, 0.717) is 31.2 Å². The monoisotopic (exact) mass is 281 g/mol. The van der Waals surface area contributed by atoms with Crippen LogP contribution in [0, 0.1) is 5.92 Å². The lowest BCUT2D eigenvalue weighted by molar-refractivity contribution is 0.345. The van der Waals surface area contributed by atoms with Gasteiger partial charge >= 0.3 is 0 Å². The van der Waals surface area contributed by atoms with Crippen molar-refractivity contribution in [3.05, 3.63) is 0 Å². The molecule has 102 valence electrons. The molecule has 0 amide bonds. The molecule has 0 bridgehead atoms. The van der Waals surface area contributed by atoms with E-state index in [1.165, 1.54) is 8.61 Å². The smallest absolute Gasteiger partial charge is 0.281 e. The van der Waals surface area contributed by atoms with Gasteiger partial charge in [-0.15, -0.1) is 0 Å². The highest BCUT2D eigenvalue weighted by Gasteiger charge is 2.27. The fourth-order valence-corrected chi connectivity index (χ4v) is 3.29. The van der Waals surface area contributed by atoms with Crippen molar-refractivity contribution in [2.24, 2.45) is 11.7 Å². The lowest BCUT2D eigenvalue weighted by atomic mass is 10.2. The topological polar surface area (TPSA) is 66.6 Å². The standard InChI is InChI=1S/C10H23N3O2S2/c1-5-12(6-2)17(14,15)13(7-3)8-9(4)10(11)16/h9H,5-8H2,1-4H3,(H2,11,16). The summed E-state index contributed by atoms with van der Waals surface area (Å²) >= 11 is 4.87. The molecule has 0 aromatic rings. The Bertz CT molecular complexity index is 339. The van der Waals surface area contributed by atoms with Crippen LogP contribution in [0.25, 0.3) is 0 Å². The molecule has 0 heterocycles. The summed E-state index contributed by atoms with van der Waals surface area (Å²) in [6, 6.07) is 0. The molecule has 0 aliphatic heterocycles. The van der Waals surface area contributed by atoms with Crippen LogP contribution in [0.4, 0.5) is 0 Å². The molecule has 0 spiro atoms. The molecular weight excluding hydrogens is 258 g/mol. The van der Waals surface area contributed by atoms with Gasteiger partial charge in [-0.1, -0.05) is 39.9 Å².